The molecule has 0 radical (unpaired) electrons. The molecule has 1 aromatic heterocycles. The van der Waals surface area contributed by atoms with Crippen molar-refractivity contribution in [2.45, 2.75) is 37.7 Å². The normalized spacial score (nSPS) is 25.7. The summed E-state index contributed by atoms with van der Waals surface area (Å²) in [6.45, 7) is 0.841. The van der Waals surface area contributed by atoms with Gasteiger partial charge in [0.15, 0.2) is 0 Å². The second-order valence-corrected chi connectivity index (χ2v) is 4.35. The average Bonchev–Trinajstić information content (AvgIpc) is 2.93. The van der Waals surface area contributed by atoms with Crippen LogP contribution in [0.3, 0.4) is 0 Å². The van der Waals surface area contributed by atoms with Crippen molar-refractivity contribution in [3.05, 3.63) is 17.6 Å². The molecule has 0 unspecified atom stereocenters. The standard InChI is InChI=1S/C11H15N3O/c12-10-6-8(9-2-1-5-15-9)13-11(14-10)7-3-4-7/h6-7,9H,1-5H2,(H2,12,13,14)/t9-/m0/s1. The molecule has 0 aromatic carbocycles. The molecule has 1 saturated heterocycles. The Bertz CT molecular complexity index is 370. The van der Waals surface area contributed by atoms with Crippen molar-refractivity contribution in [1.82, 2.24) is 9.97 Å². The van der Waals surface area contributed by atoms with Gasteiger partial charge in [-0.25, -0.2) is 9.97 Å². The van der Waals surface area contributed by atoms with Crippen molar-refractivity contribution in [2.75, 3.05) is 12.3 Å². The molecular formula is C11H15N3O. The zero-order valence-electron chi connectivity index (χ0n) is 8.65. The summed E-state index contributed by atoms with van der Waals surface area (Å²) in [7, 11) is 0. The highest BCUT2D eigenvalue weighted by atomic mass is 16.5. The van der Waals surface area contributed by atoms with Crippen LogP contribution in [-0.4, -0.2) is 16.6 Å². The average molecular weight is 205 g/mol. The fraction of sp³-hybridized carbons (Fsp3) is 0.636. The van der Waals surface area contributed by atoms with Crippen molar-refractivity contribution in [1.29, 1.82) is 0 Å². The van der Waals surface area contributed by atoms with Gasteiger partial charge in [-0.3, -0.25) is 0 Å². The van der Waals surface area contributed by atoms with E-state index in [1.807, 2.05) is 6.07 Å². The molecule has 2 aliphatic rings. The summed E-state index contributed by atoms with van der Waals surface area (Å²) in [6, 6.07) is 1.85. The largest absolute Gasteiger partial charge is 0.384 e. The number of nitrogens with two attached hydrogens (primary N) is 1. The van der Waals surface area contributed by atoms with Crippen LogP contribution in [0.4, 0.5) is 5.82 Å². The van der Waals surface area contributed by atoms with Gasteiger partial charge in [-0.15, -0.1) is 0 Å². The van der Waals surface area contributed by atoms with Gasteiger partial charge in [0.05, 0.1) is 11.8 Å². The van der Waals surface area contributed by atoms with E-state index in [-0.39, 0.29) is 6.10 Å². The number of hydrogen-bond acceptors (Lipinski definition) is 4. The number of rotatable bonds is 2. The fourth-order valence-electron chi connectivity index (χ4n) is 2.01. The van der Waals surface area contributed by atoms with Crippen molar-refractivity contribution in [2.24, 2.45) is 0 Å². The minimum absolute atomic E-state index is 0.146. The first-order chi connectivity index (χ1) is 7.33. The van der Waals surface area contributed by atoms with E-state index in [2.05, 4.69) is 9.97 Å². The quantitative estimate of drug-likeness (QED) is 0.799. The SMILES string of the molecule is Nc1cc([C@@H]2CCCO2)nc(C2CC2)n1. The first kappa shape index (κ1) is 9.09. The Labute approximate surface area is 88.9 Å². The summed E-state index contributed by atoms with van der Waals surface area (Å²) in [5, 5.41) is 0. The molecule has 1 aliphatic heterocycles. The molecule has 0 spiro atoms. The van der Waals surface area contributed by atoms with Crippen LogP contribution in [-0.2, 0) is 4.74 Å². The van der Waals surface area contributed by atoms with Gasteiger partial charge in [0.2, 0.25) is 0 Å². The molecular weight excluding hydrogens is 190 g/mol. The van der Waals surface area contributed by atoms with Gasteiger partial charge < -0.3 is 10.5 Å². The number of hydrogen-bond donors (Lipinski definition) is 1. The molecule has 4 nitrogen and oxygen atoms in total. The molecule has 2 N–H and O–H groups in total. The third-order valence-corrected chi connectivity index (χ3v) is 2.99. The van der Waals surface area contributed by atoms with Crippen LogP contribution in [0.1, 0.15) is 49.2 Å². The van der Waals surface area contributed by atoms with E-state index in [1.54, 1.807) is 0 Å². The van der Waals surface area contributed by atoms with Crippen molar-refractivity contribution in [3.8, 4) is 0 Å². The van der Waals surface area contributed by atoms with E-state index < -0.39 is 0 Å². The maximum atomic E-state index is 5.79. The minimum atomic E-state index is 0.146. The number of aromatic nitrogens is 2. The van der Waals surface area contributed by atoms with E-state index in [0.717, 1.165) is 31.0 Å². The van der Waals surface area contributed by atoms with Crippen LogP contribution in [0, 0.1) is 0 Å². The van der Waals surface area contributed by atoms with E-state index in [4.69, 9.17) is 10.5 Å². The van der Waals surface area contributed by atoms with Gasteiger partial charge in [-0.2, -0.15) is 0 Å². The molecule has 2 heterocycles. The highest BCUT2D eigenvalue weighted by Crippen LogP contribution is 2.39. The fourth-order valence-corrected chi connectivity index (χ4v) is 2.01. The van der Waals surface area contributed by atoms with Crippen LogP contribution >= 0.6 is 0 Å². The Hall–Kier alpha value is -1.16. The zero-order valence-corrected chi connectivity index (χ0v) is 8.65. The Morgan fingerprint density at radius 2 is 2.13 bits per heavy atom. The van der Waals surface area contributed by atoms with E-state index in [1.165, 1.54) is 12.8 Å². The summed E-state index contributed by atoms with van der Waals surface area (Å²) in [6.07, 6.45) is 4.73. The van der Waals surface area contributed by atoms with Gasteiger partial charge in [0.1, 0.15) is 11.6 Å². The maximum Gasteiger partial charge on any atom is 0.134 e. The summed E-state index contributed by atoms with van der Waals surface area (Å²) in [4.78, 5) is 8.84. The van der Waals surface area contributed by atoms with E-state index in [9.17, 15) is 0 Å². The lowest BCUT2D eigenvalue weighted by Gasteiger charge is -2.10. The smallest absolute Gasteiger partial charge is 0.134 e. The van der Waals surface area contributed by atoms with Crippen molar-refractivity contribution in [3.63, 3.8) is 0 Å². The van der Waals surface area contributed by atoms with E-state index in [0.29, 0.717) is 11.7 Å². The first-order valence-electron chi connectivity index (χ1n) is 5.59. The molecule has 1 aliphatic carbocycles. The maximum absolute atomic E-state index is 5.79. The van der Waals surface area contributed by atoms with Crippen molar-refractivity contribution < 1.29 is 4.74 Å². The zero-order chi connectivity index (χ0) is 10.3. The van der Waals surface area contributed by atoms with Gasteiger partial charge >= 0.3 is 0 Å². The van der Waals surface area contributed by atoms with Gasteiger partial charge in [-0.1, -0.05) is 0 Å². The molecule has 3 rings (SSSR count). The van der Waals surface area contributed by atoms with Gasteiger partial charge in [-0.05, 0) is 25.7 Å². The van der Waals surface area contributed by atoms with Crippen LogP contribution in [0.25, 0.3) is 0 Å². The topological polar surface area (TPSA) is 61.0 Å². The molecule has 15 heavy (non-hydrogen) atoms. The predicted molar refractivity (Wildman–Crippen MR) is 56.3 cm³/mol. The Kier molecular flexibility index (Phi) is 2.09. The predicted octanol–water partition coefficient (Wildman–Crippen LogP) is 1.79. The summed E-state index contributed by atoms with van der Waals surface area (Å²) >= 11 is 0. The van der Waals surface area contributed by atoms with Crippen molar-refractivity contribution >= 4 is 5.82 Å². The van der Waals surface area contributed by atoms with Gasteiger partial charge in [0.25, 0.3) is 0 Å². The highest BCUT2D eigenvalue weighted by Gasteiger charge is 2.28. The second kappa shape index (κ2) is 3.45. The highest BCUT2D eigenvalue weighted by molar-refractivity contribution is 5.32. The summed E-state index contributed by atoms with van der Waals surface area (Å²) < 4.78 is 5.60. The van der Waals surface area contributed by atoms with E-state index >= 15 is 0 Å². The lowest BCUT2D eigenvalue weighted by atomic mass is 10.1. The lowest BCUT2D eigenvalue weighted by Crippen LogP contribution is -2.06. The molecule has 0 bridgehead atoms. The Morgan fingerprint density at radius 3 is 2.80 bits per heavy atom. The first-order valence-corrected chi connectivity index (χ1v) is 5.59. The molecule has 0 amide bonds. The lowest BCUT2D eigenvalue weighted by molar-refractivity contribution is 0.108. The molecule has 4 heteroatoms. The monoisotopic (exact) mass is 205 g/mol. The molecule has 1 saturated carbocycles. The summed E-state index contributed by atoms with van der Waals surface area (Å²) in [5.41, 5.74) is 6.76. The van der Waals surface area contributed by atoms with Crippen LogP contribution < -0.4 is 5.73 Å². The number of nitrogens with zero attached hydrogens (tertiary/aromatic N) is 2. The van der Waals surface area contributed by atoms with Crippen LogP contribution in [0.15, 0.2) is 6.07 Å². The third kappa shape index (κ3) is 1.81. The number of anilines is 1. The summed E-state index contributed by atoms with van der Waals surface area (Å²) in [5.74, 6) is 2.05. The van der Waals surface area contributed by atoms with Crippen LogP contribution in [0.2, 0.25) is 0 Å². The molecule has 2 fully saturated rings. The van der Waals surface area contributed by atoms with Crippen LogP contribution in [0.5, 0.6) is 0 Å². The number of ether oxygens (including phenoxy) is 1. The Balaban J connectivity index is 1.91. The molecule has 1 atom stereocenters. The Morgan fingerprint density at radius 1 is 1.27 bits per heavy atom. The second-order valence-electron chi connectivity index (χ2n) is 4.35. The van der Waals surface area contributed by atoms with Gasteiger partial charge in [0, 0.05) is 18.6 Å². The third-order valence-electron chi connectivity index (χ3n) is 2.99. The molecule has 80 valence electrons. The number of nitrogen functional groups attached to an aromatic ring is 1. The molecule has 1 aromatic rings. The minimum Gasteiger partial charge on any atom is -0.384 e.